The highest BCUT2D eigenvalue weighted by Crippen LogP contribution is 2.17. The van der Waals surface area contributed by atoms with Crippen molar-refractivity contribution in [1.82, 2.24) is 4.90 Å². The minimum Gasteiger partial charge on any atom is -0.376 e. The third kappa shape index (κ3) is 3.40. The van der Waals surface area contributed by atoms with Crippen molar-refractivity contribution in [3.8, 4) is 0 Å². The fourth-order valence-electron chi connectivity index (χ4n) is 1.29. The third-order valence-electron chi connectivity index (χ3n) is 1.73. The van der Waals surface area contributed by atoms with Gasteiger partial charge in [0.25, 0.3) is 0 Å². The van der Waals surface area contributed by atoms with Gasteiger partial charge in [0.05, 0.1) is 19.3 Å². The molecular weight excluding hydrogens is 171 g/mol. The van der Waals surface area contributed by atoms with Crippen LogP contribution in [0.25, 0.3) is 0 Å². The second-order valence-electron chi connectivity index (χ2n) is 3.03. The fourth-order valence-corrected chi connectivity index (χ4v) is 1.29. The molecule has 0 N–H and O–H groups in total. The summed E-state index contributed by atoms with van der Waals surface area (Å²) in [7, 11) is 0. The van der Waals surface area contributed by atoms with Crippen LogP contribution in [-0.4, -0.2) is 43.4 Å². The summed E-state index contributed by atoms with van der Waals surface area (Å²) in [6.45, 7) is 2.11. The van der Waals surface area contributed by atoms with E-state index in [1.807, 2.05) is 0 Å². The first kappa shape index (κ1) is 9.80. The number of morpholine rings is 1. The Labute approximate surface area is 69.3 Å². The van der Waals surface area contributed by atoms with E-state index in [-0.39, 0.29) is 6.10 Å². The van der Waals surface area contributed by atoms with Gasteiger partial charge in [-0.25, -0.2) is 0 Å². The van der Waals surface area contributed by atoms with Crippen molar-refractivity contribution < 1.29 is 17.9 Å². The molecule has 0 aromatic heterocycles. The smallest absolute Gasteiger partial charge is 0.376 e. The molecule has 0 amide bonds. The maximum atomic E-state index is 11.9. The number of nitrogens with zero attached hydrogens (tertiary/aromatic N) is 1. The summed E-state index contributed by atoms with van der Waals surface area (Å²) in [6.07, 6.45) is -4.17. The van der Waals surface area contributed by atoms with Crippen LogP contribution < -0.4 is 0 Å². The predicted molar refractivity (Wildman–Crippen MR) is 37.9 cm³/mol. The molecule has 1 atom stereocenters. The molecule has 12 heavy (non-hydrogen) atoms. The highest BCUT2D eigenvalue weighted by atomic mass is 19.4. The molecule has 1 aliphatic heterocycles. The van der Waals surface area contributed by atoms with E-state index >= 15 is 0 Å². The van der Waals surface area contributed by atoms with Crippen LogP contribution >= 0.6 is 0 Å². The van der Waals surface area contributed by atoms with Crippen LogP contribution in [0.4, 0.5) is 13.2 Å². The Balaban J connectivity index is 2.32. The molecule has 1 unspecified atom stereocenters. The first-order valence-corrected chi connectivity index (χ1v) is 3.88. The summed E-state index contributed by atoms with van der Waals surface area (Å²) >= 11 is 0. The van der Waals surface area contributed by atoms with E-state index in [1.165, 1.54) is 4.90 Å². The Kier molecular flexibility index (Phi) is 2.95. The van der Waals surface area contributed by atoms with Gasteiger partial charge >= 0.3 is 6.18 Å². The van der Waals surface area contributed by atoms with Gasteiger partial charge in [0.1, 0.15) is 0 Å². The van der Waals surface area contributed by atoms with Gasteiger partial charge in [-0.05, 0) is 6.92 Å². The largest absolute Gasteiger partial charge is 0.401 e. The molecule has 0 aliphatic carbocycles. The van der Waals surface area contributed by atoms with Crippen LogP contribution in [-0.2, 0) is 4.74 Å². The number of ether oxygens (including phenoxy) is 1. The summed E-state index contributed by atoms with van der Waals surface area (Å²) in [6, 6.07) is 0. The normalized spacial score (nSPS) is 27.5. The molecule has 0 saturated carbocycles. The monoisotopic (exact) mass is 183 g/mol. The van der Waals surface area contributed by atoms with Crippen molar-refractivity contribution in [2.45, 2.75) is 19.2 Å². The Hall–Kier alpha value is -0.290. The van der Waals surface area contributed by atoms with Gasteiger partial charge in [-0.1, -0.05) is 0 Å². The van der Waals surface area contributed by atoms with E-state index in [0.29, 0.717) is 19.7 Å². The molecule has 72 valence electrons. The van der Waals surface area contributed by atoms with Crippen LogP contribution in [0.2, 0.25) is 0 Å². The number of halogens is 3. The van der Waals surface area contributed by atoms with E-state index in [9.17, 15) is 13.2 Å². The molecule has 1 heterocycles. The second kappa shape index (κ2) is 3.62. The molecule has 0 radical (unpaired) electrons. The van der Waals surface area contributed by atoms with Crippen LogP contribution in [0.3, 0.4) is 0 Å². The zero-order valence-electron chi connectivity index (χ0n) is 6.90. The van der Waals surface area contributed by atoms with Crippen molar-refractivity contribution in [2.24, 2.45) is 0 Å². The Morgan fingerprint density at radius 2 is 2.17 bits per heavy atom. The Morgan fingerprint density at radius 3 is 2.67 bits per heavy atom. The Bertz CT molecular complexity index is 148. The summed E-state index contributed by atoms with van der Waals surface area (Å²) in [5.41, 5.74) is 0. The highest BCUT2D eigenvalue weighted by molar-refractivity contribution is 4.70. The number of rotatable bonds is 1. The fraction of sp³-hybridized carbons (Fsp3) is 1.00. The SMILES string of the molecule is CC1CN(CC(F)(F)F)CCO1. The van der Waals surface area contributed by atoms with Gasteiger partial charge in [0.15, 0.2) is 0 Å². The average molecular weight is 183 g/mol. The lowest BCUT2D eigenvalue weighted by molar-refractivity contribution is -0.158. The molecule has 0 bridgehead atoms. The number of hydrogen-bond acceptors (Lipinski definition) is 2. The number of alkyl halides is 3. The van der Waals surface area contributed by atoms with Crippen LogP contribution in [0.5, 0.6) is 0 Å². The summed E-state index contributed by atoms with van der Waals surface area (Å²) in [4.78, 5) is 1.37. The van der Waals surface area contributed by atoms with Crippen molar-refractivity contribution in [3.05, 3.63) is 0 Å². The highest BCUT2D eigenvalue weighted by Gasteiger charge is 2.32. The van der Waals surface area contributed by atoms with Crippen molar-refractivity contribution in [1.29, 1.82) is 0 Å². The molecule has 2 nitrogen and oxygen atoms in total. The second-order valence-corrected chi connectivity index (χ2v) is 3.03. The van der Waals surface area contributed by atoms with Gasteiger partial charge in [-0.15, -0.1) is 0 Å². The van der Waals surface area contributed by atoms with Crippen LogP contribution in [0, 0.1) is 0 Å². The van der Waals surface area contributed by atoms with E-state index in [4.69, 9.17) is 4.74 Å². The van der Waals surface area contributed by atoms with Gasteiger partial charge in [-0.2, -0.15) is 13.2 Å². The summed E-state index contributed by atoms with van der Waals surface area (Å²) in [5.74, 6) is 0. The molecule has 0 aromatic carbocycles. The van der Waals surface area contributed by atoms with E-state index in [1.54, 1.807) is 6.92 Å². The van der Waals surface area contributed by atoms with Gasteiger partial charge in [0, 0.05) is 13.1 Å². The number of hydrogen-bond donors (Lipinski definition) is 0. The minimum atomic E-state index is -4.09. The first-order chi connectivity index (χ1) is 5.47. The predicted octanol–water partition coefficient (Wildman–Crippen LogP) is 1.27. The maximum absolute atomic E-state index is 11.9. The lowest BCUT2D eigenvalue weighted by Crippen LogP contribution is -2.45. The van der Waals surface area contributed by atoms with Crippen molar-refractivity contribution >= 4 is 0 Å². The van der Waals surface area contributed by atoms with E-state index < -0.39 is 12.7 Å². The molecule has 5 heteroatoms. The zero-order chi connectivity index (χ0) is 9.19. The molecule has 1 fully saturated rings. The molecule has 0 aromatic rings. The van der Waals surface area contributed by atoms with Crippen molar-refractivity contribution in [3.63, 3.8) is 0 Å². The quantitative estimate of drug-likeness (QED) is 0.607. The summed E-state index contributed by atoms with van der Waals surface area (Å²) in [5, 5.41) is 0. The average Bonchev–Trinajstić information content (AvgIpc) is 1.82. The lowest BCUT2D eigenvalue weighted by atomic mass is 10.3. The molecule has 1 rings (SSSR count). The maximum Gasteiger partial charge on any atom is 0.401 e. The van der Waals surface area contributed by atoms with Gasteiger partial charge in [0.2, 0.25) is 0 Å². The molecule has 1 saturated heterocycles. The van der Waals surface area contributed by atoms with Gasteiger partial charge in [-0.3, -0.25) is 4.90 Å². The third-order valence-corrected chi connectivity index (χ3v) is 1.73. The Morgan fingerprint density at radius 1 is 1.50 bits per heavy atom. The van der Waals surface area contributed by atoms with E-state index in [0.717, 1.165) is 0 Å². The van der Waals surface area contributed by atoms with Gasteiger partial charge < -0.3 is 4.74 Å². The first-order valence-electron chi connectivity index (χ1n) is 3.88. The lowest BCUT2D eigenvalue weighted by Gasteiger charge is -2.31. The minimum absolute atomic E-state index is 0.0823. The van der Waals surface area contributed by atoms with Crippen molar-refractivity contribution in [2.75, 3.05) is 26.2 Å². The standard InChI is InChI=1S/C7H12F3NO/c1-6-4-11(2-3-12-6)5-7(8,9)10/h6H,2-5H2,1H3. The zero-order valence-corrected chi connectivity index (χ0v) is 6.90. The summed E-state index contributed by atoms with van der Waals surface area (Å²) < 4.78 is 40.8. The van der Waals surface area contributed by atoms with E-state index in [2.05, 4.69) is 0 Å². The topological polar surface area (TPSA) is 12.5 Å². The molecule has 1 aliphatic rings. The van der Waals surface area contributed by atoms with Crippen LogP contribution in [0.1, 0.15) is 6.92 Å². The van der Waals surface area contributed by atoms with Crippen LogP contribution in [0.15, 0.2) is 0 Å². The molecule has 0 spiro atoms. The molecular formula is C7H12F3NO.